The highest BCUT2D eigenvalue weighted by molar-refractivity contribution is 5.85. The molecule has 0 aromatic heterocycles. The molecule has 0 aromatic rings. The molecule has 0 spiro atoms. The summed E-state index contributed by atoms with van der Waals surface area (Å²) in [5.74, 6) is 0.276. The van der Waals surface area contributed by atoms with Gasteiger partial charge in [-0.3, -0.25) is 4.79 Å². The Balaban J connectivity index is 4.02. The van der Waals surface area contributed by atoms with E-state index in [1.807, 2.05) is 33.8 Å². The summed E-state index contributed by atoms with van der Waals surface area (Å²) in [7, 11) is 0. The molecule has 0 heterocycles. The first-order valence-corrected chi connectivity index (χ1v) is 6.16. The predicted molar refractivity (Wildman–Crippen MR) is 70.3 cm³/mol. The summed E-state index contributed by atoms with van der Waals surface area (Å²) in [5, 5.41) is 0. The lowest BCUT2D eigenvalue weighted by molar-refractivity contribution is -0.130. The van der Waals surface area contributed by atoms with Crippen molar-refractivity contribution in [2.75, 3.05) is 0 Å². The van der Waals surface area contributed by atoms with Gasteiger partial charge in [0.2, 0.25) is 0 Å². The number of ketones is 1. The van der Waals surface area contributed by atoms with E-state index in [1.165, 1.54) is 0 Å². The Bertz CT molecular complexity index is 236. The molecule has 2 N–H and O–H groups in total. The van der Waals surface area contributed by atoms with Gasteiger partial charge in [-0.05, 0) is 33.1 Å². The number of unbranched alkanes of at least 4 members (excludes halogenated alkanes) is 3. The van der Waals surface area contributed by atoms with Crippen molar-refractivity contribution >= 4 is 5.78 Å². The third kappa shape index (κ3) is 4.48. The van der Waals surface area contributed by atoms with Crippen LogP contribution in [0.15, 0.2) is 12.7 Å². The molecular weight excluding hydrogens is 198 g/mol. The molecule has 0 atom stereocenters. The molecule has 0 amide bonds. The maximum atomic E-state index is 12.0. The molecule has 2 heteroatoms. The van der Waals surface area contributed by atoms with E-state index in [9.17, 15) is 4.79 Å². The van der Waals surface area contributed by atoms with Crippen LogP contribution in [0.2, 0.25) is 0 Å². The van der Waals surface area contributed by atoms with Gasteiger partial charge in [0.1, 0.15) is 5.78 Å². The van der Waals surface area contributed by atoms with Gasteiger partial charge < -0.3 is 5.73 Å². The van der Waals surface area contributed by atoms with Crippen LogP contribution in [-0.4, -0.2) is 11.3 Å². The maximum Gasteiger partial charge on any atom is 0.140 e. The van der Waals surface area contributed by atoms with Crippen LogP contribution in [-0.2, 0) is 4.79 Å². The molecule has 94 valence electrons. The molecule has 0 bridgehead atoms. The molecule has 2 nitrogen and oxygen atoms in total. The molecule has 0 fully saturated rings. The molecule has 0 aromatic carbocycles. The van der Waals surface area contributed by atoms with E-state index in [-0.39, 0.29) is 5.78 Å². The molecule has 0 saturated heterocycles. The second kappa shape index (κ2) is 6.19. The van der Waals surface area contributed by atoms with E-state index < -0.39 is 11.0 Å². The van der Waals surface area contributed by atoms with Gasteiger partial charge in [-0.2, -0.15) is 0 Å². The maximum absolute atomic E-state index is 12.0. The predicted octanol–water partition coefficient (Wildman–Crippen LogP) is 3.46. The molecule has 0 aliphatic rings. The van der Waals surface area contributed by atoms with E-state index in [0.717, 1.165) is 25.7 Å². The first-order chi connectivity index (χ1) is 7.23. The van der Waals surface area contributed by atoms with Gasteiger partial charge in [0.05, 0.1) is 0 Å². The highest BCUT2D eigenvalue weighted by atomic mass is 16.1. The van der Waals surface area contributed by atoms with Gasteiger partial charge in [-0.25, -0.2) is 0 Å². The van der Waals surface area contributed by atoms with E-state index in [1.54, 1.807) is 0 Å². The highest BCUT2D eigenvalue weighted by Crippen LogP contribution is 2.31. The number of hydrogen-bond donors (Lipinski definition) is 1. The highest BCUT2D eigenvalue weighted by Gasteiger charge is 2.39. The fraction of sp³-hybridized carbons (Fsp3) is 0.786. The second-order valence-electron chi connectivity index (χ2n) is 5.66. The molecule has 0 unspecified atom stereocenters. The van der Waals surface area contributed by atoms with Crippen molar-refractivity contribution in [3.63, 3.8) is 0 Å². The summed E-state index contributed by atoms with van der Waals surface area (Å²) in [4.78, 5) is 12.0. The largest absolute Gasteiger partial charge is 0.325 e. The van der Waals surface area contributed by atoms with Crippen LogP contribution < -0.4 is 5.73 Å². The molecule has 0 saturated carbocycles. The minimum atomic E-state index is -0.453. The average molecular weight is 225 g/mol. The Morgan fingerprint density at radius 2 is 1.75 bits per heavy atom. The van der Waals surface area contributed by atoms with Crippen molar-refractivity contribution in [2.24, 2.45) is 11.1 Å². The molecule has 0 rings (SSSR count). The fourth-order valence-electron chi connectivity index (χ4n) is 1.42. The lowest BCUT2D eigenvalue weighted by atomic mass is 9.71. The zero-order chi connectivity index (χ0) is 12.8. The van der Waals surface area contributed by atoms with Gasteiger partial charge in [-0.1, -0.05) is 26.3 Å². The second-order valence-corrected chi connectivity index (χ2v) is 5.66. The van der Waals surface area contributed by atoms with Crippen molar-refractivity contribution in [2.45, 2.75) is 65.3 Å². The van der Waals surface area contributed by atoms with E-state index in [2.05, 4.69) is 6.58 Å². The molecule has 0 radical (unpaired) electrons. The number of rotatable bonds is 8. The zero-order valence-corrected chi connectivity index (χ0v) is 11.3. The monoisotopic (exact) mass is 225 g/mol. The number of nitrogens with two attached hydrogens (primary N) is 1. The van der Waals surface area contributed by atoms with Gasteiger partial charge in [0, 0.05) is 17.4 Å². The van der Waals surface area contributed by atoms with Gasteiger partial charge in [-0.15, -0.1) is 6.58 Å². The van der Waals surface area contributed by atoms with Crippen LogP contribution in [0.25, 0.3) is 0 Å². The van der Waals surface area contributed by atoms with E-state index in [4.69, 9.17) is 5.73 Å². The summed E-state index contributed by atoms with van der Waals surface area (Å²) in [5.41, 5.74) is 5.14. The standard InChI is InChI=1S/C14H27NO/c1-6-7-8-9-10-11-12(16)13(2,3)14(4,5)15/h6H,1,7-11,15H2,2-5H3. The van der Waals surface area contributed by atoms with Gasteiger partial charge in [0.25, 0.3) is 0 Å². The Labute approximate surface area is 100 Å². The average Bonchev–Trinajstić information content (AvgIpc) is 2.15. The normalized spacial score (nSPS) is 12.6. The van der Waals surface area contributed by atoms with Crippen molar-refractivity contribution in [1.29, 1.82) is 0 Å². The third-order valence-corrected chi connectivity index (χ3v) is 3.62. The molecule has 16 heavy (non-hydrogen) atoms. The van der Waals surface area contributed by atoms with Crippen LogP contribution in [0.3, 0.4) is 0 Å². The third-order valence-electron chi connectivity index (χ3n) is 3.62. The lowest BCUT2D eigenvalue weighted by Crippen LogP contribution is -2.51. The smallest absolute Gasteiger partial charge is 0.140 e. The lowest BCUT2D eigenvalue weighted by Gasteiger charge is -2.37. The Kier molecular flexibility index (Phi) is 5.95. The zero-order valence-electron chi connectivity index (χ0n) is 11.3. The van der Waals surface area contributed by atoms with Crippen molar-refractivity contribution in [1.82, 2.24) is 0 Å². The minimum Gasteiger partial charge on any atom is -0.325 e. The van der Waals surface area contributed by atoms with E-state index >= 15 is 0 Å². The van der Waals surface area contributed by atoms with Crippen LogP contribution in [0.5, 0.6) is 0 Å². The molecule has 0 aliphatic heterocycles. The SMILES string of the molecule is C=CCCCCCC(=O)C(C)(C)C(C)(C)N. The summed E-state index contributed by atoms with van der Waals surface area (Å²) < 4.78 is 0. The first kappa shape index (κ1) is 15.4. The number of hydrogen-bond acceptors (Lipinski definition) is 2. The van der Waals surface area contributed by atoms with Crippen LogP contribution in [0.4, 0.5) is 0 Å². The quantitative estimate of drug-likeness (QED) is 0.508. The van der Waals surface area contributed by atoms with Crippen molar-refractivity contribution in [3.8, 4) is 0 Å². The van der Waals surface area contributed by atoms with Crippen LogP contribution >= 0.6 is 0 Å². The summed E-state index contributed by atoms with van der Waals surface area (Å²) >= 11 is 0. The van der Waals surface area contributed by atoms with Crippen molar-refractivity contribution in [3.05, 3.63) is 12.7 Å². The Hall–Kier alpha value is -0.630. The molecule has 0 aliphatic carbocycles. The van der Waals surface area contributed by atoms with Gasteiger partial charge >= 0.3 is 0 Å². The first-order valence-electron chi connectivity index (χ1n) is 6.16. The minimum absolute atomic E-state index is 0.276. The topological polar surface area (TPSA) is 43.1 Å². The van der Waals surface area contributed by atoms with Crippen LogP contribution in [0.1, 0.15) is 59.8 Å². The molecular formula is C14H27NO. The Morgan fingerprint density at radius 1 is 1.19 bits per heavy atom. The fourth-order valence-corrected chi connectivity index (χ4v) is 1.42. The number of allylic oxidation sites excluding steroid dienone is 1. The van der Waals surface area contributed by atoms with Crippen molar-refractivity contribution < 1.29 is 4.79 Å². The number of Topliss-reactive ketones (excluding diaryl/α,β-unsaturated/α-hetero) is 1. The number of carbonyl (C=O) groups excluding carboxylic acids is 1. The Morgan fingerprint density at radius 3 is 2.19 bits per heavy atom. The summed E-state index contributed by atoms with van der Waals surface area (Å²) in [6, 6.07) is 0. The van der Waals surface area contributed by atoms with Gasteiger partial charge in [0.15, 0.2) is 0 Å². The van der Waals surface area contributed by atoms with Crippen LogP contribution in [0, 0.1) is 5.41 Å². The summed E-state index contributed by atoms with van der Waals surface area (Å²) in [6.45, 7) is 11.4. The number of carbonyl (C=O) groups is 1. The summed E-state index contributed by atoms with van der Waals surface area (Å²) in [6.07, 6.45) is 6.80. The van der Waals surface area contributed by atoms with E-state index in [0.29, 0.717) is 6.42 Å².